The zero-order valence-corrected chi connectivity index (χ0v) is 15.2. The summed E-state index contributed by atoms with van der Waals surface area (Å²) in [5, 5.41) is 7.44. The maximum atomic E-state index is 13.0. The van der Waals surface area contributed by atoms with Gasteiger partial charge in [-0.3, -0.25) is 9.59 Å². The summed E-state index contributed by atoms with van der Waals surface area (Å²) in [5.41, 5.74) is 2.47. The van der Waals surface area contributed by atoms with Crippen molar-refractivity contribution in [3.63, 3.8) is 0 Å². The second kappa shape index (κ2) is 8.45. The van der Waals surface area contributed by atoms with Crippen molar-refractivity contribution in [1.29, 1.82) is 0 Å². The number of benzene rings is 1. The molecular weight excluding hydrogens is 357 g/mol. The fourth-order valence-corrected chi connectivity index (χ4v) is 3.37. The lowest BCUT2D eigenvalue weighted by atomic mass is 10.1. The van der Waals surface area contributed by atoms with Crippen molar-refractivity contribution in [3.8, 4) is 0 Å². The number of halogens is 2. The molecule has 1 aliphatic carbocycles. The number of aromatic nitrogens is 2. The van der Waals surface area contributed by atoms with Crippen molar-refractivity contribution in [2.24, 2.45) is 0 Å². The van der Waals surface area contributed by atoms with Crippen LogP contribution in [0.4, 0.5) is 4.39 Å². The van der Waals surface area contributed by atoms with Crippen molar-refractivity contribution in [2.45, 2.75) is 45.1 Å². The minimum atomic E-state index is -0.437. The van der Waals surface area contributed by atoms with Gasteiger partial charge in [0.2, 0.25) is 5.91 Å². The average Bonchev–Trinajstić information content (AvgIpc) is 2.82. The van der Waals surface area contributed by atoms with E-state index >= 15 is 0 Å². The van der Waals surface area contributed by atoms with Crippen LogP contribution in [0.3, 0.4) is 0 Å². The van der Waals surface area contributed by atoms with Gasteiger partial charge in [-0.15, -0.1) is 0 Å². The van der Waals surface area contributed by atoms with E-state index < -0.39 is 5.82 Å². The summed E-state index contributed by atoms with van der Waals surface area (Å²) >= 11 is 5.93. The highest BCUT2D eigenvalue weighted by atomic mass is 35.5. The smallest absolute Gasteiger partial charge is 0.267 e. The van der Waals surface area contributed by atoms with E-state index in [1.807, 2.05) is 0 Å². The summed E-state index contributed by atoms with van der Waals surface area (Å²) in [6, 6.07) is 5.63. The number of rotatable bonds is 5. The van der Waals surface area contributed by atoms with Gasteiger partial charge in [0, 0.05) is 17.6 Å². The van der Waals surface area contributed by atoms with Crippen molar-refractivity contribution in [1.82, 2.24) is 15.1 Å². The van der Waals surface area contributed by atoms with Crippen LogP contribution < -0.4 is 10.9 Å². The maximum absolute atomic E-state index is 13.0. The van der Waals surface area contributed by atoms with Crippen LogP contribution in [-0.2, 0) is 30.6 Å². The number of carbonyl (C=O) groups excluding carboxylic acids is 1. The molecule has 26 heavy (non-hydrogen) atoms. The van der Waals surface area contributed by atoms with E-state index in [2.05, 4.69) is 10.4 Å². The molecule has 0 saturated heterocycles. The Bertz CT molecular complexity index is 866. The molecule has 0 fully saturated rings. The van der Waals surface area contributed by atoms with E-state index in [1.54, 1.807) is 6.07 Å². The molecule has 0 radical (unpaired) electrons. The first-order valence-electron chi connectivity index (χ1n) is 8.83. The first-order chi connectivity index (χ1) is 12.5. The summed E-state index contributed by atoms with van der Waals surface area (Å²) in [7, 11) is 0. The minimum Gasteiger partial charge on any atom is -0.354 e. The lowest BCUT2D eigenvalue weighted by Crippen LogP contribution is -2.33. The van der Waals surface area contributed by atoms with Crippen molar-refractivity contribution in [2.75, 3.05) is 6.54 Å². The molecule has 7 heteroatoms. The Morgan fingerprint density at radius 1 is 1.23 bits per heavy atom. The molecule has 2 aromatic rings. The molecule has 1 N–H and O–H groups in total. The zero-order chi connectivity index (χ0) is 18.5. The Hall–Kier alpha value is -2.21. The van der Waals surface area contributed by atoms with Gasteiger partial charge in [0.15, 0.2) is 0 Å². The fourth-order valence-electron chi connectivity index (χ4n) is 3.14. The number of amides is 1. The predicted molar refractivity (Wildman–Crippen MR) is 97.9 cm³/mol. The van der Waals surface area contributed by atoms with Gasteiger partial charge in [-0.25, -0.2) is 9.07 Å². The van der Waals surface area contributed by atoms with E-state index in [0.29, 0.717) is 18.7 Å². The van der Waals surface area contributed by atoms with Crippen molar-refractivity contribution in [3.05, 3.63) is 62.3 Å². The topological polar surface area (TPSA) is 64.0 Å². The monoisotopic (exact) mass is 377 g/mol. The van der Waals surface area contributed by atoms with Gasteiger partial charge in [-0.05, 0) is 48.9 Å². The molecule has 138 valence electrons. The van der Waals surface area contributed by atoms with Crippen molar-refractivity contribution >= 4 is 17.5 Å². The molecule has 5 nitrogen and oxygen atoms in total. The maximum Gasteiger partial charge on any atom is 0.267 e. The first-order valence-corrected chi connectivity index (χ1v) is 9.21. The third-order valence-electron chi connectivity index (χ3n) is 4.54. The second-order valence-corrected chi connectivity index (χ2v) is 6.91. The van der Waals surface area contributed by atoms with Gasteiger partial charge in [0.25, 0.3) is 5.56 Å². The molecule has 0 saturated carbocycles. The fraction of sp³-hybridized carbons (Fsp3) is 0.421. The van der Waals surface area contributed by atoms with E-state index in [0.717, 1.165) is 43.4 Å². The molecular formula is C19H21ClFN3O2. The number of fused-ring (bicyclic) bond motifs is 1. The molecule has 0 spiro atoms. The van der Waals surface area contributed by atoms with Gasteiger partial charge in [0.05, 0.1) is 18.7 Å². The normalized spacial score (nSPS) is 13.8. The number of carbonyl (C=O) groups is 1. The molecule has 1 amide bonds. The Labute approximate surface area is 156 Å². The Morgan fingerprint density at radius 2 is 2.04 bits per heavy atom. The lowest BCUT2D eigenvalue weighted by molar-refractivity contribution is -0.120. The highest BCUT2D eigenvalue weighted by Gasteiger charge is 2.12. The van der Waals surface area contributed by atoms with E-state index in [1.165, 1.54) is 22.9 Å². The number of aryl methyl sites for hydroxylation is 2. The summed E-state index contributed by atoms with van der Waals surface area (Å²) in [6.45, 7) is 0.609. The number of hydrogen-bond acceptors (Lipinski definition) is 3. The van der Waals surface area contributed by atoms with E-state index in [4.69, 9.17) is 11.6 Å². The Morgan fingerprint density at radius 3 is 2.85 bits per heavy atom. The SMILES string of the molecule is O=C(Cc1ccc(F)cc1Cl)NCCn1nc2c(cc1=O)CCCCC2. The van der Waals surface area contributed by atoms with Gasteiger partial charge in [-0.1, -0.05) is 24.1 Å². The number of nitrogens with zero attached hydrogens (tertiary/aromatic N) is 2. The zero-order valence-electron chi connectivity index (χ0n) is 14.4. The third-order valence-corrected chi connectivity index (χ3v) is 4.89. The molecule has 0 unspecified atom stereocenters. The molecule has 0 bridgehead atoms. The lowest BCUT2D eigenvalue weighted by Gasteiger charge is -2.11. The highest BCUT2D eigenvalue weighted by molar-refractivity contribution is 6.31. The van der Waals surface area contributed by atoms with Gasteiger partial charge in [-0.2, -0.15) is 5.10 Å². The molecule has 0 aliphatic heterocycles. The molecule has 1 heterocycles. The first kappa shape index (κ1) is 18.6. The van der Waals surface area contributed by atoms with Gasteiger partial charge in [0.1, 0.15) is 5.82 Å². The summed E-state index contributed by atoms with van der Waals surface area (Å²) < 4.78 is 14.4. The van der Waals surface area contributed by atoms with Gasteiger partial charge >= 0.3 is 0 Å². The Kier molecular flexibility index (Phi) is 6.04. The van der Waals surface area contributed by atoms with Crippen molar-refractivity contribution < 1.29 is 9.18 Å². The van der Waals surface area contributed by atoms with Crippen LogP contribution in [0.1, 0.15) is 36.1 Å². The second-order valence-electron chi connectivity index (χ2n) is 6.50. The Balaban J connectivity index is 1.57. The third kappa shape index (κ3) is 4.69. The van der Waals surface area contributed by atoms with Crippen LogP contribution in [0.5, 0.6) is 0 Å². The van der Waals surface area contributed by atoms with Crippen LogP contribution in [0.2, 0.25) is 5.02 Å². The van der Waals surface area contributed by atoms with Crippen LogP contribution in [0.15, 0.2) is 29.1 Å². The highest BCUT2D eigenvalue weighted by Crippen LogP contribution is 2.18. The quantitative estimate of drug-likeness (QED) is 0.815. The van der Waals surface area contributed by atoms with Crippen LogP contribution in [0, 0.1) is 5.82 Å². The largest absolute Gasteiger partial charge is 0.354 e. The molecule has 1 aromatic heterocycles. The predicted octanol–water partition coefficient (Wildman–Crippen LogP) is 2.66. The standard InChI is InChI=1S/C19H21ClFN3O2/c20-16-12-15(21)7-6-13(16)10-18(25)22-8-9-24-19(26)11-14-4-2-1-3-5-17(14)23-24/h6-7,11-12H,1-5,8-10H2,(H,22,25). The molecule has 3 rings (SSSR count). The number of nitrogens with one attached hydrogen (secondary N) is 1. The minimum absolute atomic E-state index is 0.0611. The molecule has 1 aliphatic rings. The summed E-state index contributed by atoms with van der Waals surface area (Å²) in [6.07, 6.45) is 5.21. The average molecular weight is 378 g/mol. The van der Waals surface area contributed by atoms with E-state index in [-0.39, 0.29) is 22.9 Å². The van der Waals surface area contributed by atoms with Crippen LogP contribution in [-0.4, -0.2) is 22.2 Å². The summed E-state index contributed by atoms with van der Waals surface area (Å²) in [5.74, 6) is -0.672. The van der Waals surface area contributed by atoms with Crippen LogP contribution in [0.25, 0.3) is 0 Å². The van der Waals surface area contributed by atoms with Crippen LogP contribution >= 0.6 is 11.6 Å². The molecule has 1 aromatic carbocycles. The summed E-state index contributed by atoms with van der Waals surface area (Å²) in [4.78, 5) is 24.2. The number of hydrogen-bond donors (Lipinski definition) is 1. The molecule has 0 atom stereocenters. The van der Waals surface area contributed by atoms with Gasteiger partial charge < -0.3 is 5.32 Å². The van der Waals surface area contributed by atoms with E-state index in [9.17, 15) is 14.0 Å².